The van der Waals surface area contributed by atoms with E-state index in [4.69, 9.17) is 0 Å². The first-order chi connectivity index (χ1) is 8.15. The van der Waals surface area contributed by atoms with Gasteiger partial charge in [0.05, 0.1) is 0 Å². The van der Waals surface area contributed by atoms with Gasteiger partial charge in [-0.25, -0.2) is 0 Å². The van der Waals surface area contributed by atoms with Gasteiger partial charge in [0.1, 0.15) is 0 Å². The van der Waals surface area contributed by atoms with E-state index < -0.39 is 0 Å². The summed E-state index contributed by atoms with van der Waals surface area (Å²) in [6, 6.07) is 0. The van der Waals surface area contributed by atoms with Crippen molar-refractivity contribution in [2.75, 3.05) is 18.4 Å². The summed E-state index contributed by atoms with van der Waals surface area (Å²) in [6.07, 6.45) is 8.38. The van der Waals surface area contributed by atoms with E-state index in [9.17, 15) is 4.79 Å². The lowest BCUT2D eigenvalue weighted by molar-refractivity contribution is -0.142. The number of alkyl halides is 1. The number of piperidine rings is 1. The molecule has 0 aromatic rings. The van der Waals surface area contributed by atoms with Crippen LogP contribution in [0.15, 0.2) is 0 Å². The Morgan fingerprint density at radius 2 is 2.06 bits per heavy atom. The number of carbonyl (C=O) groups is 1. The molecule has 1 aliphatic carbocycles. The van der Waals surface area contributed by atoms with Crippen molar-refractivity contribution in [3.63, 3.8) is 0 Å². The highest BCUT2D eigenvalue weighted by atomic mass is 79.9. The smallest absolute Gasteiger partial charge is 0.228 e. The molecular formula is C14H24BrNO. The van der Waals surface area contributed by atoms with Gasteiger partial charge in [-0.05, 0) is 38.0 Å². The Kier molecular flexibility index (Phi) is 4.51. The molecule has 2 nitrogen and oxygen atoms in total. The molecule has 98 valence electrons. The summed E-state index contributed by atoms with van der Waals surface area (Å²) in [4.78, 5) is 14.7. The molecule has 3 heteroatoms. The standard InChI is InChI=1S/C14H24BrNO/c1-14(7-2-3-8-14)13(17)16-10-4-5-12(11-16)6-9-15/h12H,2-11H2,1H3. The molecule has 1 saturated carbocycles. The molecule has 0 N–H and O–H groups in total. The third kappa shape index (κ3) is 3.04. The molecule has 1 unspecified atom stereocenters. The fourth-order valence-corrected chi connectivity index (χ4v) is 4.04. The summed E-state index contributed by atoms with van der Waals surface area (Å²) in [7, 11) is 0. The highest BCUT2D eigenvalue weighted by Crippen LogP contribution is 2.40. The molecule has 1 amide bonds. The third-order valence-electron chi connectivity index (χ3n) is 4.55. The van der Waals surface area contributed by atoms with Crippen molar-refractivity contribution in [1.29, 1.82) is 0 Å². The SMILES string of the molecule is CC1(C(=O)N2CCCC(CCBr)C2)CCCC1. The lowest BCUT2D eigenvalue weighted by Crippen LogP contribution is -2.46. The predicted octanol–water partition coefficient (Wildman–Crippen LogP) is 3.59. The molecular weight excluding hydrogens is 278 g/mol. The number of hydrogen-bond acceptors (Lipinski definition) is 1. The van der Waals surface area contributed by atoms with Crippen molar-refractivity contribution in [3.8, 4) is 0 Å². The highest BCUT2D eigenvalue weighted by molar-refractivity contribution is 9.09. The molecule has 0 bridgehead atoms. The molecule has 1 saturated heterocycles. The molecule has 0 radical (unpaired) electrons. The molecule has 1 heterocycles. The van der Waals surface area contributed by atoms with Gasteiger partial charge >= 0.3 is 0 Å². The van der Waals surface area contributed by atoms with Crippen LogP contribution in [0.25, 0.3) is 0 Å². The zero-order valence-electron chi connectivity index (χ0n) is 10.9. The number of carbonyl (C=O) groups excluding carboxylic acids is 1. The Morgan fingerprint density at radius 1 is 1.35 bits per heavy atom. The molecule has 1 atom stereocenters. The van der Waals surface area contributed by atoms with E-state index in [1.807, 2.05) is 0 Å². The van der Waals surface area contributed by atoms with Crippen molar-refractivity contribution in [2.45, 2.75) is 51.9 Å². The fourth-order valence-electron chi connectivity index (χ4n) is 3.39. The Bertz CT molecular complexity index is 271. The summed E-state index contributed by atoms with van der Waals surface area (Å²) in [6.45, 7) is 4.17. The molecule has 0 aromatic heterocycles. The van der Waals surface area contributed by atoms with Crippen LogP contribution < -0.4 is 0 Å². The average Bonchev–Trinajstić information content (AvgIpc) is 2.77. The van der Waals surface area contributed by atoms with E-state index in [2.05, 4.69) is 27.8 Å². The minimum atomic E-state index is -0.0315. The van der Waals surface area contributed by atoms with Crippen LogP contribution in [0.4, 0.5) is 0 Å². The van der Waals surface area contributed by atoms with Gasteiger partial charge in [0.2, 0.25) is 5.91 Å². The number of hydrogen-bond donors (Lipinski definition) is 0. The highest BCUT2D eigenvalue weighted by Gasteiger charge is 2.40. The third-order valence-corrected chi connectivity index (χ3v) is 5.00. The first kappa shape index (κ1) is 13.4. The van der Waals surface area contributed by atoms with Crippen molar-refractivity contribution in [1.82, 2.24) is 4.90 Å². The van der Waals surface area contributed by atoms with E-state index in [0.717, 1.165) is 37.2 Å². The molecule has 0 aromatic carbocycles. The minimum Gasteiger partial charge on any atom is -0.342 e. The zero-order valence-corrected chi connectivity index (χ0v) is 12.5. The average molecular weight is 302 g/mol. The number of amides is 1. The molecule has 17 heavy (non-hydrogen) atoms. The number of rotatable bonds is 3. The summed E-state index contributed by atoms with van der Waals surface area (Å²) in [5, 5.41) is 1.07. The number of nitrogens with zero attached hydrogens (tertiary/aromatic N) is 1. The van der Waals surface area contributed by atoms with Gasteiger partial charge < -0.3 is 4.90 Å². The van der Waals surface area contributed by atoms with Gasteiger partial charge in [-0.15, -0.1) is 0 Å². The van der Waals surface area contributed by atoms with E-state index in [-0.39, 0.29) is 5.41 Å². The van der Waals surface area contributed by atoms with Crippen molar-refractivity contribution in [2.24, 2.45) is 11.3 Å². The van der Waals surface area contributed by atoms with E-state index >= 15 is 0 Å². The fraction of sp³-hybridized carbons (Fsp3) is 0.929. The minimum absolute atomic E-state index is 0.0315. The second kappa shape index (κ2) is 5.73. The lowest BCUT2D eigenvalue weighted by atomic mass is 9.85. The van der Waals surface area contributed by atoms with Crippen LogP contribution in [0.1, 0.15) is 51.9 Å². The Hall–Kier alpha value is -0.0500. The second-order valence-corrected chi connectivity index (χ2v) is 6.80. The summed E-state index contributed by atoms with van der Waals surface area (Å²) in [5.74, 6) is 1.16. The van der Waals surface area contributed by atoms with Gasteiger partial charge in [-0.2, -0.15) is 0 Å². The number of likely N-dealkylation sites (tertiary alicyclic amines) is 1. The van der Waals surface area contributed by atoms with Crippen LogP contribution in [0.3, 0.4) is 0 Å². The summed E-state index contributed by atoms with van der Waals surface area (Å²) >= 11 is 3.52. The second-order valence-electron chi connectivity index (χ2n) is 6.00. The van der Waals surface area contributed by atoms with Gasteiger partial charge in [-0.3, -0.25) is 4.79 Å². The molecule has 2 fully saturated rings. The van der Waals surface area contributed by atoms with Gasteiger partial charge in [-0.1, -0.05) is 35.7 Å². The number of halogens is 1. The Morgan fingerprint density at radius 3 is 2.71 bits per heavy atom. The van der Waals surface area contributed by atoms with Crippen molar-refractivity contribution < 1.29 is 4.79 Å². The predicted molar refractivity (Wildman–Crippen MR) is 74.3 cm³/mol. The maximum Gasteiger partial charge on any atom is 0.228 e. The lowest BCUT2D eigenvalue weighted by Gasteiger charge is -2.37. The molecule has 0 spiro atoms. The summed E-state index contributed by atoms with van der Waals surface area (Å²) < 4.78 is 0. The van der Waals surface area contributed by atoms with E-state index in [1.54, 1.807) is 0 Å². The van der Waals surface area contributed by atoms with Crippen molar-refractivity contribution >= 4 is 21.8 Å². The van der Waals surface area contributed by atoms with Crippen LogP contribution in [-0.2, 0) is 4.79 Å². The zero-order chi connectivity index (χ0) is 12.3. The Labute approximate surface area is 113 Å². The van der Waals surface area contributed by atoms with Gasteiger partial charge in [0.15, 0.2) is 0 Å². The van der Waals surface area contributed by atoms with Crippen LogP contribution >= 0.6 is 15.9 Å². The maximum atomic E-state index is 12.6. The molecule has 2 aliphatic rings. The van der Waals surface area contributed by atoms with Crippen molar-refractivity contribution in [3.05, 3.63) is 0 Å². The normalized spacial score (nSPS) is 28.4. The first-order valence-electron chi connectivity index (χ1n) is 7.01. The van der Waals surface area contributed by atoms with Crippen LogP contribution in [0, 0.1) is 11.3 Å². The monoisotopic (exact) mass is 301 g/mol. The topological polar surface area (TPSA) is 20.3 Å². The molecule has 1 aliphatic heterocycles. The summed E-state index contributed by atoms with van der Waals surface area (Å²) in [5.41, 5.74) is -0.0315. The molecule has 2 rings (SSSR count). The van der Waals surface area contributed by atoms with E-state index in [0.29, 0.717) is 5.91 Å². The van der Waals surface area contributed by atoms with Crippen LogP contribution in [-0.4, -0.2) is 29.2 Å². The Balaban J connectivity index is 1.94. The maximum absolute atomic E-state index is 12.6. The van der Waals surface area contributed by atoms with Crippen LogP contribution in [0.5, 0.6) is 0 Å². The van der Waals surface area contributed by atoms with E-state index in [1.165, 1.54) is 32.1 Å². The largest absolute Gasteiger partial charge is 0.342 e. The van der Waals surface area contributed by atoms with Gasteiger partial charge in [0, 0.05) is 23.8 Å². The van der Waals surface area contributed by atoms with Gasteiger partial charge in [0.25, 0.3) is 0 Å². The van der Waals surface area contributed by atoms with Crippen LogP contribution in [0.2, 0.25) is 0 Å². The first-order valence-corrected chi connectivity index (χ1v) is 8.13. The quantitative estimate of drug-likeness (QED) is 0.730.